The fourth-order valence-corrected chi connectivity index (χ4v) is 2.58. The molecule has 0 aliphatic carbocycles. The highest BCUT2D eigenvalue weighted by atomic mass is 79.9. The molecule has 0 aliphatic rings. The molecule has 0 aliphatic heterocycles. The van der Waals surface area contributed by atoms with Crippen LogP contribution in [0.2, 0.25) is 0 Å². The van der Waals surface area contributed by atoms with Crippen molar-refractivity contribution in [3.05, 3.63) is 62.1 Å². The molecule has 6 heteroatoms. The van der Waals surface area contributed by atoms with Gasteiger partial charge in [-0.15, -0.1) is 11.6 Å². The van der Waals surface area contributed by atoms with Crippen LogP contribution in [0.25, 0.3) is 0 Å². The number of benzene rings is 2. The first-order valence-corrected chi connectivity index (χ1v) is 7.11. The smallest absolute Gasteiger partial charge is 0.269 e. The average molecular weight is 357 g/mol. The van der Waals surface area contributed by atoms with Gasteiger partial charge in [0.1, 0.15) is 11.5 Å². The third-order valence-electron chi connectivity index (χ3n) is 2.77. The average Bonchev–Trinajstić information content (AvgIpc) is 2.41. The van der Waals surface area contributed by atoms with Gasteiger partial charge in [-0.05, 0) is 36.2 Å². The Morgan fingerprint density at radius 2 is 2.05 bits per heavy atom. The Labute approximate surface area is 129 Å². The highest BCUT2D eigenvalue weighted by Crippen LogP contribution is 2.31. The molecule has 2 aromatic carbocycles. The predicted octanol–water partition coefficient (Wildman–Crippen LogP) is 5.20. The number of nitro groups is 1. The van der Waals surface area contributed by atoms with E-state index < -0.39 is 4.92 Å². The molecule has 0 bridgehead atoms. The number of alkyl halides is 1. The van der Waals surface area contributed by atoms with Crippen LogP contribution in [0.1, 0.15) is 11.1 Å². The second-order valence-electron chi connectivity index (χ2n) is 4.20. The van der Waals surface area contributed by atoms with Crippen LogP contribution in [0.4, 0.5) is 5.69 Å². The zero-order chi connectivity index (χ0) is 14.7. The number of halogens is 2. The normalized spacial score (nSPS) is 10.3. The first kappa shape index (κ1) is 14.8. The fourth-order valence-electron chi connectivity index (χ4n) is 1.69. The maximum absolute atomic E-state index is 10.7. The number of non-ortho nitro benzene ring substituents is 1. The van der Waals surface area contributed by atoms with Crippen molar-refractivity contribution in [2.24, 2.45) is 0 Å². The third kappa shape index (κ3) is 3.29. The largest absolute Gasteiger partial charge is 0.457 e. The lowest BCUT2D eigenvalue weighted by atomic mass is 10.2. The van der Waals surface area contributed by atoms with E-state index in [2.05, 4.69) is 15.9 Å². The van der Waals surface area contributed by atoms with E-state index in [4.69, 9.17) is 16.3 Å². The Morgan fingerprint density at radius 1 is 1.30 bits per heavy atom. The molecule has 0 unspecified atom stereocenters. The number of nitrogens with zero attached hydrogens (tertiary/aromatic N) is 1. The highest BCUT2D eigenvalue weighted by Gasteiger charge is 2.10. The molecule has 0 saturated heterocycles. The van der Waals surface area contributed by atoms with Gasteiger partial charge in [0.2, 0.25) is 0 Å². The lowest BCUT2D eigenvalue weighted by Crippen LogP contribution is -1.92. The Kier molecular flexibility index (Phi) is 4.62. The van der Waals surface area contributed by atoms with Crippen LogP contribution in [0.15, 0.2) is 40.9 Å². The Bertz CT molecular complexity index is 661. The van der Waals surface area contributed by atoms with Gasteiger partial charge in [-0.1, -0.05) is 22.0 Å². The molecule has 0 amide bonds. The quantitative estimate of drug-likeness (QED) is 0.430. The SMILES string of the molecule is Cc1cc([N+](=O)[O-])ccc1Oc1ccc(CCl)c(Br)c1. The minimum Gasteiger partial charge on any atom is -0.457 e. The van der Waals surface area contributed by atoms with Gasteiger partial charge in [-0.3, -0.25) is 10.1 Å². The van der Waals surface area contributed by atoms with Gasteiger partial charge in [0.15, 0.2) is 0 Å². The third-order valence-corrected chi connectivity index (χ3v) is 3.79. The summed E-state index contributed by atoms with van der Waals surface area (Å²) in [6.45, 7) is 1.77. The zero-order valence-electron chi connectivity index (χ0n) is 10.6. The molecule has 0 radical (unpaired) electrons. The molecule has 0 fully saturated rings. The van der Waals surface area contributed by atoms with Crippen molar-refractivity contribution in [3.8, 4) is 11.5 Å². The number of nitro benzene ring substituents is 1. The first-order chi connectivity index (χ1) is 9.51. The van der Waals surface area contributed by atoms with Crippen molar-refractivity contribution in [2.45, 2.75) is 12.8 Å². The summed E-state index contributed by atoms with van der Waals surface area (Å²) in [5.74, 6) is 1.64. The van der Waals surface area contributed by atoms with Crippen molar-refractivity contribution >= 4 is 33.2 Å². The number of rotatable bonds is 4. The van der Waals surface area contributed by atoms with E-state index in [0.29, 0.717) is 22.9 Å². The van der Waals surface area contributed by atoms with Gasteiger partial charge >= 0.3 is 0 Å². The molecule has 104 valence electrons. The van der Waals surface area contributed by atoms with Gasteiger partial charge in [-0.2, -0.15) is 0 Å². The van der Waals surface area contributed by atoms with E-state index in [9.17, 15) is 10.1 Å². The second-order valence-corrected chi connectivity index (χ2v) is 5.32. The highest BCUT2D eigenvalue weighted by molar-refractivity contribution is 9.10. The van der Waals surface area contributed by atoms with Crippen LogP contribution in [-0.4, -0.2) is 4.92 Å². The lowest BCUT2D eigenvalue weighted by molar-refractivity contribution is -0.384. The molecule has 0 atom stereocenters. The summed E-state index contributed by atoms with van der Waals surface area (Å²) in [7, 11) is 0. The van der Waals surface area contributed by atoms with Gasteiger partial charge in [0.25, 0.3) is 5.69 Å². The van der Waals surface area contributed by atoms with Gasteiger partial charge < -0.3 is 4.74 Å². The summed E-state index contributed by atoms with van der Waals surface area (Å²) in [5, 5.41) is 10.7. The minimum atomic E-state index is -0.428. The van der Waals surface area contributed by atoms with Crippen LogP contribution in [0.5, 0.6) is 11.5 Å². The maximum atomic E-state index is 10.7. The molecule has 4 nitrogen and oxygen atoms in total. The van der Waals surface area contributed by atoms with Crippen molar-refractivity contribution in [2.75, 3.05) is 0 Å². The molecular formula is C14H11BrClNO3. The molecule has 0 heterocycles. The summed E-state index contributed by atoms with van der Waals surface area (Å²) in [4.78, 5) is 10.3. The van der Waals surface area contributed by atoms with E-state index in [1.807, 2.05) is 18.2 Å². The number of hydrogen-bond acceptors (Lipinski definition) is 3. The predicted molar refractivity (Wildman–Crippen MR) is 81.6 cm³/mol. The fraction of sp³-hybridized carbons (Fsp3) is 0.143. The van der Waals surface area contributed by atoms with E-state index >= 15 is 0 Å². The Hall–Kier alpha value is -1.59. The summed E-state index contributed by atoms with van der Waals surface area (Å²) in [6, 6.07) is 9.99. The number of ether oxygens (including phenoxy) is 1. The molecule has 2 rings (SSSR count). The zero-order valence-corrected chi connectivity index (χ0v) is 12.9. The van der Waals surface area contributed by atoms with E-state index in [-0.39, 0.29) is 5.69 Å². The maximum Gasteiger partial charge on any atom is 0.269 e. The summed E-state index contributed by atoms with van der Waals surface area (Å²) >= 11 is 9.20. The standard InChI is InChI=1S/C14H11BrClNO3/c1-9-6-11(17(18)19)3-5-14(9)20-12-4-2-10(8-16)13(15)7-12/h2-7H,8H2,1H3. The molecular weight excluding hydrogens is 346 g/mol. The minimum absolute atomic E-state index is 0.0496. The van der Waals surface area contributed by atoms with Gasteiger partial charge in [0.05, 0.1) is 4.92 Å². The molecule has 0 saturated carbocycles. The number of aryl methyl sites for hydroxylation is 1. The topological polar surface area (TPSA) is 52.4 Å². The summed E-state index contributed by atoms with van der Waals surface area (Å²) in [5.41, 5.74) is 1.73. The first-order valence-electron chi connectivity index (χ1n) is 5.78. The second kappa shape index (κ2) is 6.24. The van der Waals surface area contributed by atoms with Gasteiger partial charge in [0, 0.05) is 22.5 Å². The van der Waals surface area contributed by atoms with E-state index in [1.165, 1.54) is 12.1 Å². The Balaban J connectivity index is 2.26. The van der Waals surface area contributed by atoms with E-state index in [0.717, 1.165) is 10.0 Å². The molecule has 0 aromatic heterocycles. The lowest BCUT2D eigenvalue weighted by Gasteiger charge is -2.10. The monoisotopic (exact) mass is 355 g/mol. The molecule has 0 N–H and O–H groups in total. The summed E-state index contributed by atoms with van der Waals surface area (Å²) < 4.78 is 6.59. The van der Waals surface area contributed by atoms with Crippen molar-refractivity contribution in [1.29, 1.82) is 0 Å². The van der Waals surface area contributed by atoms with Crippen LogP contribution < -0.4 is 4.74 Å². The van der Waals surface area contributed by atoms with E-state index in [1.54, 1.807) is 13.0 Å². The summed E-state index contributed by atoms with van der Waals surface area (Å²) in [6.07, 6.45) is 0. The molecule has 2 aromatic rings. The molecule has 20 heavy (non-hydrogen) atoms. The van der Waals surface area contributed by atoms with Crippen LogP contribution in [0, 0.1) is 17.0 Å². The van der Waals surface area contributed by atoms with Crippen molar-refractivity contribution < 1.29 is 9.66 Å². The van der Waals surface area contributed by atoms with Crippen molar-refractivity contribution in [3.63, 3.8) is 0 Å². The van der Waals surface area contributed by atoms with Crippen LogP contribution in [-0.2, 0) is 5.88 Å². The molecule has 0 spiro atoms. The Morgan fingerprint density at radius 3 is 2.60 bits per heavy atom. The van der Waals surface area contributed by atoms with Crippen LogP contribution in [0.3, 0.4) is 0 Å². The number of hydrogen-bond donors (Lipinski definition) is 0. The van der Waals surface area contributed by atoms with Crippen LogP contribution >= 0.6 is 27.5 Å². The van der Waals surface area contributed by atoms with Gasteiger partial charge in [-0.25, -0.2) is 0 Å². The van der Waals surface area contributed by atoms with Crippen molar-refractivity contribution in [1.82, 2.24) is 0 Å².